The van der Waals surface area contributed by atoms with Crippen LogP contribution in [0.2, 0.25) is 0 Å². The van der Waals surface area contributed by atoms with Gasteiger partial charge in [0.2, 0.25) is 5.91 Å². The molecule has 2 aromatic heterocycles. The maximum absolute atomic E-state index is 11.7. The number of carbonyl (C=O) groups excluding carboxylic acids is 1. The number of rotatable bonds is 7. The number of nitrogen functional groups attached to an aromatic ring is 1. The third-order valence-corrected chi connectivity index (χ3v) is 3.00. The Hall–Kier alpha value is -2.41. The van der Waals surface area contributed by atoms with E-state index in [1.807, 2.05) is 10.6 Å². The van der Waals surface area contributed by atoms with Crippen LogP contribution in [0.4, 0.5) is 5.82 Å². The Kier molecular flexibility index (Phi) is 5.28. The van der Waals surface area contributed by atoms with E-state index < -0.39 is 0 Å². The maximum atomic E-state index is 11.7. The van der Waals surface area contributed by atoms with Gasteiger partial charge in [0.15, 0.2) is 0 Å². The molecule has 21 heavy (non-hydrogen) atoms. The van der Waals surface area contributed by atoms with Crippen molar-refractivity contribution in [3.8, 4) is 11.3 Å². The molecule has 0 fully saturated rings. The van der Waals surface area contributed by atoms with Gasteiger partial charge in [0.25, 0.3) is 0 Å². The van der Waals surface area contributed by atoms with Crippen LogP contribution in [0.3, 0.4) is 0 Å². The number of nitrogens with two attached hydrogens (primary N) is 1. The number of nitrogens with zero attached hydrogens (tertiary/aromatic N) is 3. The van der Waals surface area contributed by atoms with E-state index in [-0.39, 0.29) is 5.91 Å². The summed E-state index contributed by atoms with van der Waals surface area (Å²) in [5.41, 5.74) is 7.41. The fraction of sp³-hybridized carbons (Fsp3) is 0.357. The molecule has 0 aliphatic carbocycles. The monoisotopic (exact) mass is 289 g/mol. The van der Waals surface area contributed by atoms with Crippen molar-refractivity contribution in [1.82, 2.24) is 19.9 Å². The number of aromatic nitrogens is 3. The van der Waals surface area contributed by atoms with Gasteiger partial charge in [-0.2, -0.15) is 0 Å². The van der Waals surface area contributed by atoms with Gasteiger partial charge in [-0.3, -0.25) is 4.79 Å². The standard InChI is InChI=1S/C14H19N5O2/c1-21-7-5-17-14(20)4-6-19-10-16-9-12(19)11-2-3-13(15)18-8-11/h2-3,8-10H,4-7H2,1H3,(H2,15,18)(H,17,20). The zero-order chi connectivity index (χ0) is 15.1. The van der Waals surface area contributed by atoms with E-state index in [2.05, 4.69) is 15.3 Å². The third kappa shape index (κ3) is 4.28. The van der Waals surface area contributed by atoms with E-state index >= 15 is 0 Å². The fourth-order valence-corrected chi connectivity index (χ4v) is 1.90. The van der Waals surface area contributed by atoms with Crippen molar-refractivity contribution in [3.63, 3.8) is 0 Å². The first kappa shape index (κ1) is 15.0. The summed E-state index contributed by atoms with van der Waals surface area (Å²) < 4.78 is 6.80. The molecular formula is C14H19N5O2. The molecule has 0 bridgehead atoms. The molecule has 0 saturated carbocycles. The highest BCUT2D eigenvalue weighted by Crippen LogP contribution is 2.18. The predicted octanol–water partition coefficient (Wildman–Crippen LogP) is 0.680. The fourth-order valence-electron chi connectivity index (χ4n) is 1.90. The van der Waals surface area contributed by atoms with Gasteiger partial charge in [-0.15, -0.1) is 0 Å². The molecule has 2 heterocycles. The van der Waals surface area contributed by atoms with E-state index in [9.17, 15) is 4.79 Å². The molecule has 0 aliphatic heterocycles. The maximum Gasteiger partial charge on any atom is 0.221 e. The van der Waals surface area contributed by atoms with Crippen molar-refractivity contribution < 1.29 is 9.53 Å². The third-order valence-electron chi connectivity index (χ3n) is 3.00. The van der Waals surface area contributed by atoms with Crippen molar-refractivity contribution in [3.05, 3.63) is 30.9 Å². The molecule has 0 aromatic carbocycles. The summed E-state index contributed by atoms with van der Waals surface area (Å²) in [7, 11) is 1.60. The Balaban J connectivity index is 1.94. The summed E-state index contributed by atoms with van der Waals surface area (Å²) in [6.07, 6.45) is 5.53. The van der Waals surface area contributed by atoms with Crippen molar-refractivity contribution in [1.29, 1.82) is 0 Å². The van der Waals surface area contributed by atoms with Gasteiger partial charge < -0.3 is 20.4 Å². The highest BCUT2D eigenvalue weighted by molar-refractivity contribution is 5.75. The number of hydrogen-bond acceptors (Lipinski definition) is 5. The first-order chi connectivity index (χ1) is 10.2. The van der Waals surface area contributed by atoms with Gasteiger partial charge in [-0.05, 0) is 12.1 Å². The van der Waals surface area contributed by atoms with Crippen molar-refractivity contribution in [2.75, 3.05) is 26.0 Å². The second-order valence-corrected chi connectivity index (χ2v) is 4.54. The Morgan fingerprint density at radius 2 is 2.29 bits per heavy atom. The van der Waals surface area contributed by atoms with Gasteiger partial charge in [0, 0.05) is 38.4 Å². The quantitative estimate of drug-likeness (QED) is 0.731. The van der Waals surface area contributed by atoms with Crippen molar-refractivity contribution >= 4 is 11.7 Å². The minimum atomic E-state index is -0.0119. The zero-order valence-electron chi connectivity index (χ0n) is 12.0. The lowest BCUT2D eigenvalue weighted by Crippen LogP contribution is -2.27. The minimum absolute atomic E-state index is 0.0119. The zero-order valence-corrected chi connectivity index (χ0v) is 12.0. The Morgan fingerprint density at radius 3 is 3.00 bits per heavy atom. The van der Waals surface area contributed by atoms with Crippen LogP contribution in [0.15, 0.2) is 30.9 Å². The summed E-state index contributed by atoms with van der Waals surface area (Å²) in [5.74, 6) is 0.462. The molecule has 0 spiro atoms. The topological polar surface area (TPSA) is 95.1 Å². The number of anilines is 1. The van der Waals surface area contributed by atoms with Gasteiger partial charge in [-0.25, -0.2) is 9.97 Å². The number of methoxy groups -OCH3 is 1. The Labute approximate surface area is 123 Å². The van der Waals surface area contributed by atoms with Crippen LogP contribution >= 0.6 is 0 Å². The van der Waals surface area contributed by atoms with Crippen LogP contribution in [0, 0.1) is 0 Å². The second kappa shape index (κ2) is 7.39. The molecule has 3 N–H and O–H groups in total. The van der Waals surface area contributed by atoms with E-state index in [4.69, 9.17) is 10.5 Å². The van der Waals surface area contributed by atoms with Crippen LogP contribution in [-0.2, 0) is 16.1 Å². The van der Waals surface area contributed by atoms with E-state index in [0.29, 0.717) is 31.9 Å². The highest BCUT2D eigenvalue weighted by Gasteiger charge is 2.07. The molecule has 0 unspecified atom stereocenters. The molecule has 7 heteroatoms. The molecule has 1 amide bonds. The molecule has 0 radical (unpaired) electrons. The molecule has 0 atom stereocenters. The number of pyridine rings is 1. The summed E-state index contributed by atoms with van der Waals surface area (Å²) in [5, 5.41) is 2.79. The first-order valence-electron chi connectivity index (χ1n) is 6.68. The predicted molar refractivity (Wildman–Crippen MR) is 79.4 cm³/mol. The van der Waals surface area contributed by atoms with Gasteiger partial charge in [-0.1, -0.05) is 0 Å². The average Bonchev–Trinajstić information content (AvgIpc) is 2.95. The molecule has 2 rings (SSSR count). The first-order valence-corrected chi connectivity index (χ1v) is 6.68. The number of ether oxygens (including phenoxy) is 1. The second-order valence-electron chi connectivity index (χ2n) is 4.54. The lowest BCUT2D eigenvalue weighted by molar-refractivity contribution is -0.121. The van der Waals surface area contributed by atoms with Crippen molar-refractivity contribution in [2.24, 2.45) is 0 Å². The SMILES string of the molecule is COCCNC(=O)CCn1cncc1-c1ccc(N)nc1. The van der Waals surface area contributed by atoms with Gasteiger partial charge in [0.05, 0.1) is 24.8 Å². The normalized spacial score (nSPS) is 10.5. The smallest absolute Gasteiger partial charge is 0.221 e. The summed E-state index contributed by atoms with van der Waals surface area (Å²) >= 11 is 0. The average molecular weight is 289 g/mol. The largest absolute Gasteiger partial charge is 0.384 e. The summed E-state index contributed by atoms with van der Waals surface area (Å²) in [6.45, 7) is 1.59. The number of nitrogens with one attached hydrogen (secondary N) is 1. The number of aryl methyl sites for hydroxylation is 1. The number of carbonyl (C=O) groups is 1. The Morgan fingerprint density at radius 1 is 1.43 bits per heavy atom. The van der Waals surface area contributed by atoms with Gasteiger partial charge >= 0.3 is 0 Å². The molecule has 112 valence electrons. The number of amides is 1. The van der Waals surface area contributed by atoms with Crippen LogP contribution in [0.25, 0.3) is 11.3 Å². The van der Waals surface area contributed by atoms with Crippen molar-refractivity contribution in [2.45, 2.75) is 13.0 Å². The molecular weight excluding hydrogens is 270 g/mol. The molecule has 0 aliphatic rings. The summed E-state index contributed by atoms with van der Waals surface area (Å²) in [6, 6.07) is 3.62. The van der Waals surface area contributed by atoms with E-state index in [1.165, 1.54) is 0 Å². The van der Waals surface area contributed by atoms with E-state index in [0.717, 1.165) is 11.3 Å². The van der Waals surface area contributed by atoms with Crippen LogP contribution in [0.5, 0.6) is 0 Å². The van der Waals surface area contributed by atoms with Crippen LogP contribution in [-0.4, -0.2) is 40.7 Å². The Bertz CT molecular complexity index is 579. The lowest BCUT2D eigenvalue weighted by Gasteiger charge is -2.08. The summed E-state index contributed by atoms with van der Waals surface area (Å²) in [4.78, 5) is 19.9. The van der Waals surface area contributed by atoms with Crippen LogP contribution in [0.1, 0.15) is 6.42 Å². The lowest BCUT2D eigenvalue weighted by atomic mass is 10.2. The minimum Gasteiger partial charge on any atom is -0.384 e. The highest BCUT2D eigenvalue weighted by atomic mass is 16.5. The molecule has 0 saturated heterocycles. The van der Waals surface area contributed by atoms with Gasteiger partial charge in [0.1, 0.15) is 5.82 Å². The van der Waals surface area contributed by atoms with Crippen LogP contribution < -0.4 is 11.1 Å². The van der Waals surface area contributed by atoms with E-state index in [1.54, 1.807) is 31.9 Å². The number of hydrogen-bond donors (Lipinski definition) is 2. The molecule has 7 nitrogen and oxygen atoms in total. The molecule has 2 aromatic rings. The number of imidazole rings is 1.